The minimum atomic E-state index is 0.0303. The molecule has 1 amide bonds. The molecular weight excluding hydrogens is 428 g/mol. The van der Waals surface area contributed by atoms with Gasteiger partial charge < -0.3 is 9.47 Å². The summed E-state index contributed by atoms with van der Waals surface area (Å²) in [5.41, 5.74) is 3.29. The van der Waals surface area contributed by atoms with E-state index in [1.165, 1.54) is 5.56 Å². The number of carbonyl (C=O) groups excluding carboxylic acids is 1. The summed E-state index contributed by atoms with van der Waals surface area (Å²) >= 11 is 0. The number of fused-ring (bicyclic) bond motifs is 1. The number of likely N-dealkylation sites (tertiary alicyclic amines) is 1. The summed E-state index contributed by atoms with van der Waals surface area (Å²) in [7, 11) is 3.30. The van der Waals surface area contributed by atoms with Crippen LogP contribution in [0.25, 0.3) is 0 Å². The lowest BCUT2D eigenvalue weighted by atomic mass is 9.73. The number of amides is 1. The zero-order valence-corrected chi connectivity index (χ0v) is 20.2. The molecule has 7 heteroatoms. The number of hydrogen-bond acceptors (Lipinski definition) is 6. The minimum Gasteiger partial charge on any atom is -0.493 e. The molecule has 2 fully saturated rings. The Bertz CT molecular complexity index is 1030. The van der Waals surface area contributed by atoms with Crippen molar-refractivity contribution in [1.29, 1.82) is 0 Å². The van der Waals surface area contributed by atoms with Crippen molar-refractivity contribution >= 4 is 11.6 Å². The van der Waals surface area contributed by atoms with E-state index in [1.54, 1.807) is 14.2 Å². The van der Waals surface area contributed by atoms with Crippen molar-refractivity contribution in [3.8, 4) is 11.5 Å². The molecule has 1 saturated carbocycles. The van der Waals surface area contributed by atoms with E-state index in [4.69, 9.17) is 14.6 Å². The summed E-state index contributed by atoms with van der Waals surface area (Å²) in [6, 6.07) is 10.3. The summed E-state index contributed by atoms with van der Waals surface area (Å²) in [6.07, 6.45) is 9.84. The number of nitrogens with zero attached hydrogens (tertiary/aromatic N) is 4. The van der Waals surface area contributed by atoms with Gasteiger partial charge in [0, 0.05) is 49.4 Å². The van der Waals surface area contributed by atoms with Gasteiger partial charge in [-0.2, -0.15) is 5.10 Å². The monoisotopic (exact) mass is 462 g/mol. The van der Waals surface area contributed by atoms with Crippen molar-refractivity contribution in [2.24, 2.45) is 16.9 Å². The van der Waals surface area contributed by atoms with Crippen LogP contribution >= 0.6 is 0 Å². The highest BCUT2D eigenvalue weighted by Gasteiger charge is 2.43. The van der Waals surface area contributed by atoms with Crippen molar-refractivity contribution in [3.63, 3.8) is 0 Å². The molecule has 2 unspecified atom stereocenters. The summed E-state index contributed by atoms with van der Waals surface area (Å²) in [4.78, 5) is 20.3. The molecule has 5 rings (SSSR count). The Morgan fingerprint density at radius 3 is 2.44 bits per heavy atom. The minimum absolute atomic E-state index is 0.0303. The molecule has 1 aromatic carbocycles. The molecule has 1 aromatic heterocycles. The number of carbonyl (C=O) groups is 1. The largest absolute Gasteiger partial charge is 0.493 e. The van der Waals surface area contributed by atoms with Crippen LogP contribution < -0.4 is 9.47 Å². The topological polar surface area (TPSA) is 67.3 Å². The van der Waals surface area contributed by atoms with E-state index in [9.17, 15) is 4.79 Å². The molecule has 180 valence electrons. The van der Waals surface area contributed by atoms with Gasteiger partial charge in [0.2, 0.25) is 5.91 Å². The molecule has 3 aliphatic rings. The Morgan fingerprint density at radius 2 is 1.74 bits per heavy atom. The number of rotatable bonds is 6. The first-order valence-electron chi connectivity index (χ1n) is 12.4. The molecule has 2 aromatic rings. The second-order valence-corrected chi connectivity index (χ2v) is 9.60. The first-order valence-corrected chi connectivity index (χ1v) is 12.4. The van der Waals surface area contributed by atoms with Crippen LogP contribution in [0.2, 0.25) is 0 Å². The third-order valence-electron chi connectivity index (χ3n) is 7.59. The standard InChI is InChI=1S/C27H34N4O3/c1-33-24-10-9-20(16-25(24)34-2)26-22-7-3-4-8-23(22)27(32)31(29-26)21-11-14-30(15-12-21)18-19-6-5-13-28-17-19/h5-6,9-10,13,16-17,21-23H,3-4,7-8,11-12,14-15,18H2,1-2H3. The number of hydrogen-bond donors (Lipinski definition) is 0. The van der Waals surface area contributed by atoms with Gasteiger partial charge in [-0.25, -0.2) is 5.01 Å². The van der Waals surface area contributed by atoms with Crippen molar-refractivity contribution in [2.75, 3.05) is 27.3 Å². The second kappa shape index (κ2) is 10.1. The first kappa shape index (κ1) is 22.8. The van der Waals surface area contributed by atoms with E-state index in [-0.39, 0.29) is 23.8 Å². The summed E-state index contributed by atoms with van der Waals surface area (Å²) < 4.78 is 11.0. The Balaban J connectivity index is 1.38. The Hall–Kier alpha value is -2.93. The number of aromatic nitrogens is 1. The molecule has 2 aliphatic heterocycles. The fourth-order valence-electron chi connectivity index (χ4n) is 5.76. The predicted octanol–water partition coefficient (Wildman–Crippen LogP) is 4.12. The molecule has 34 heavy (non-hydrogen) atoms. The lowest BCUT2D eigenvalue weighted by Gasteiger charge is -2.43. The predicted molar refractivity (Wildman–Crippen MR) is 131 cm³/mol. The van der Waals surface area contributed by atoms with Gasteiger partial charge in [-0.15, -0.1) is 0 Å². The van der Waals surface area contributed by atoms with E-state index in [1.807, 2.05) is 35.6 Å². The van der Waals surface area contributed by atoms with Crippen molar-refractivity contribution in [2.45, 2.75) is 51.1 Å². The third kappa shape index (κ3) is 4.53. The molecule has 0 N–H and O–H groups in total. The smallest absolute Gasteiger partial charge is 0.246 e. The first-order chi connectivity index (χ1) is 16.7. The quantitative estimate of drug-likeness (QED) is 0.646. The highest BCUT2D eigenvalue weighted by molar-refractivity contribution is 6.07. The number of pyridine rings is 1. The molecule has 0 bridgehead atoms. The molecule has 7 nitrogen and oxygen atoms in total. The van der Waals surface area contributed by atoms with Gasteiger partial charge in [-0.05, 0) is 55.5 Å². The Labute approximate surface area is 201 Å². The Kier molecular flexibility index (Phi) is 6.81. The van der Waals surface area contributed by atoms with Crippen LogP contribution in [0.1, 0.15) is 49.7 Å². The van der Waals surface area contributed by atoms with E-state index >= 15 is 0 Å². The fraction of sp³-hybridized carbons (Fsp3) is 0.519. The van der Waals surface area contributed by atoms with E-state index in [0.717, 1.165) is 69.4 Å². The number of methoxy groups -OCH3 is 2. The Morgan fingerprint density at radius 1 is 0.971 bits per heavy atom. The maximum absolute atomic E-state index is 13.6. The molecule has 0 radical (unpaired) electrons. The summed E-state index contributed by atoms with van der Waals surface area (Å²) in [6.45, 7) is 2.82. The third-order valence-corrected chi connectivity index (χ3v) is 7.59. The zero-order valence-electron chi connectivity index (χ0n) is 20.2. The van der Waals surface area contributed by atoms with Gasteiger partial charge in [0.15, 0.2) is 11.5 Å². The van der Waals surface area contributed by atoms with Gasteiger partial charge in [-0.1, -0.05) is 18.9 Å². The maximum atomic E-state index is 13.6. The van der Waals surface area contributed by atoms with Crippen molar-refractivity contribution < 1.29 is 14.3 Å². The lowest BCUT2D eigenvalue weighted by Crippen LogP contribution is -2.52. The summed E-state index contributed by atoms with van der Waals surface area (Å²) in [5.74, 6) is 1.84. The molecular formula is C27H34N4O3. The van der Waals surface area contributed by atoms with Crippen LogP contribution in [0, 0.1) is 11.8 Å². The van der Waals surface area contributed by atoms with Crippen molar-refractivity contribution in [1.82, 2.24) is 14.9 Å². The average molecular weight is 463 g/mol. The molecule has 2 atom stereocenters. The van der Waals surface area contributed by atoms with Crippen LogP contribution in [0.5, 0.6) is 11.5 Å². The zero-order chi connectivity index (χ0) is 23.5. The SMILES string of the molecule is COc1ccc(C2=NN(C3CCN(Cc4cccnc4)CC3)C(=O)C3CCCCC23)cc1OC. The highest BCUT2D eigenvalue weighted by atomic mass is 16.5. The van der Waals surface area contributed by atoms with E-state index in [0.29, 0.717) is 11.5 Å². The van der Waals surface area contributed by atoms with Crippen LogP contribution in [0.4, 0.5) is 0 Å². The van der Waals surface area contributed by atoms with Crippen LogP contribution in [-0.4, -0.2) is 59.9 Å². The number of benzene rings is 1. The maximum Gasteiger partial charge on any atom is 0.246 e. The molecule has 0 spiro atoms. The molecule has 3 heterocycles. The van der Waals surface area contributed by atoms with Gasteiger partial charge in [-0.3, -0.25) is 14.7 Å². The highest BCUT2D eigenvalue weighted by Crippen LogP contribution is 2.40. The normalized spacial score (nSPS) is 23.9. The number of hydrazone groups is 1. The molecule has 1 aliphatic carbocycles. The lowest BCUT2D eigenvalue weighted by molar-refractivity contribution is -0.142. The van der Waals surface area contributed by atoms with Crippen LogP contribution in [0.15, 0.2) is 47.8 Å². The van der Waals surface area contributed by atoms with Gasteiger partial charge >= 0.3 is 0 Å². The van der Waals surface area contributed by atoms with Crippen LogP contribution in [-0.2, 0) is 11.3 Å². The van der Waals surface area contributed by atoms with Crippen LogP contribution in [0.3, 0.4) is 0 Å². The van der Waals surface area contributed by atoms with Gasteiger partial charge in [0.25, 0.3) is 0 Å². The van der Waals surface area contributed by atoms with E-state index < -0.39 is 0 Å². The van der Waals surface area contributed by atoms with Crippen molar-refractivity contribution in [3.05, 3.63) is 53.9 Å². The second-order valence-electron chi connectivity index (χ2n) is 9.60. The summed E-state index contributed by atoms with van der Waals surface area (Å²) in [5, 5.41) is 6.90. The molecule has 1 saturated heterocycles. The van der Waals surface area contributed by atoms with Gasteiger partial charge in [0.1, 0.15) is 0 Å². The van der Waals surface area contributed by atoms with Gasteiger partial charge in [0.05, 0.1) is 26.0 Å². The number of ether oxygens (including phenoxy) is 2. The fourth-order valence-corrected chi connectivity index (χ4v) is 5.76. The average Bonchev–Trinajstić information content (AvgIpc) is 2.90. The van der Waals surface area contributed by atoms with E-state index in [2.05, 4.69) is 22.0 Å². The number of piperidine rings is 1.